The second kappa shape index (κ2) is 15.6. The van der Waals surface area contributed by atoms with Gasteiger partial charge in [0.05, 0.1) is 11.4 Å². The lowest BCUT2D eigenvalue weighted by atomic mass is 9.30. The summed E-state index contributed by atoms with van der Waals surface area (Å²) in [5, 5.41) is 6.37. The van der Waals surface area contributed by atoms with E-state index in [0.29, 0.717) is 0 Å². The van der Waals surface area contributed by atoms with Gasteiger partial charge in [-0.3, -0.25) is 0 Å². The van der Waals surface area contributed by atoms with Crippen LogP contribution < -0.4 is 77.1 Å². The smallest absolute Gasteiger partial charge is 0.268 e. The number of thiophene rings is 2. The van der Waals surface area contributed by atoms with Crippen LogP contribution in [0.25, 0.3) is 20.2 Å². The minimum Gasteiger partial charge on any atom is -0.458 e. The molecule has 9 aromatic carbocycles. The zero-order chi connectivity index (χ0) is 52.5. The van der Waals surface area contributed by atoms with Gasteiger partial charge in [0.25, 0.3) is 20.1 Å². The van der Waals surface area contributed by atoms with Crippen LogP contribution in [-0.4, -0.2) is 20.1 Å². The molecule has 8 heterocycles. The molecule has 11 aromatic rings. The topological polar surface area (TPSA) is 46.2 Å². The SMILES string of the molecule is Cc1cc(C)c(N2c3cc4c(cc3B3c5cc6c(cc5Oc5cc(C)cc2c53)N(c2c(C)cc(C)cc2C)c2cc(C)cc3c2B6c2sc5ccccc5c2O3)B2c3sc5ccccc5c3Oc3cc(C)cc(c32)N4)c(C)c1. The molecule has 0 unspecified atom stereocenters. The molecule has 0 spiro atoms. The van der Waals surface area contributed by atoms with Crippen molar-refractivity contribution in [3.05, 3.63) is 184 Å². The van der Waals surface area contributed by atoms with Gasteiger partial charge in [-0.15, -0.1) is 22.7 Å². The maximum atomic E-state index is 7.56. The summed E-state index contributed by atoms with van der Waals surface area (Å²) in [5.74, 6) is 5.58. The lowest BCUT2D eigenvalue weighted by Gasteiger charge is -2.44. The second-order valence-electron chi connectivity index (χ2n) is 23.0. The van der Waals surface area contributed by atoms with E-state index in [1.807, 2.05) is 22.7 Å². The predicted octanol–water partition coefficient (Wildman–Crippen LogP) is 12.4. The van der Waals surface area contributed by atoms with Crippen LogP contribution in [0.3, 0.4) is 0 Å². The second-order valence-corrected chi connectivity index (χ2v) is 25.2. The molecule has 0 amide bonds. The van der Waals surface area contributed by atoms with Gasteiger partial charge in [0.15, 0.2) is 0 Å². The zero-order valence-electron chi connectivity index (χ0n) is 44.9. The summed E-state index contributed by atoms with van der Waals surface area (Å²) in [6.45, 7) is 19.8. The molecule has 6 nitrogen and oxygen atoms in total. The van der Waals surface area contributed by atoms with Gasteiger partial charge in [-0.25, -0.2) is 0 Å². The molecule has 6 aliphatic rings. The highest BCUT2D eigenvalue weighted by Crippen LogP contribution is 2.50. The van der Waals surface area contributed by atoms with Crippen LogP contribution in [0.2, 0.25) is 0 Å². The average molecular weight is 1040 g/mol. The maximum absolute atomic E-state index is 7.56. The van der Waals surface area contributed by atoms with Crippen molar-refractivity contribution in [2.75, 3.05) is 15.1 Å². The van der Waals surface area contributed by atoms with E-state index < -0.39 is 0 Å². The number of nitrogens with zero attached hydrogens (tertiary/aromatic N) is 2. The van der Waals surface area contributed by atoms with Crippen LogP contribution in [0.5, 0.6) is 34.5 Å². The Morgan fingerprint density at radius 1 is 0.372 bits per heavy atom. The Morgan fingerprint density at radius 3 is 1.40 bits per heavy atom. The van der Waals surface area contributed by atoms with E-state index in [4.69, 9.17) is 14.2 Å². The quantitative estimate of drug-likeness (QED) is 0.174. The Bertz CT molecular complexity index is 4590. The third-order valence-corrected chi connectivity index (χ3v) is 20.0. The highest BCUT2D eigenvalue weighted by atomic mass is 32.1. The molecule has 11 heteroatoms. The highest BCUT2D eigenvalue weighted by Gasteiger charge is 2.50. The molecule has 0 atom stereocenters. The van der Waals surface area contributed by atoms with Gasteiger partial charge in [0.2, 0.25) is 0 Å². The number of fused-ring (bicyclic) bond motifs is 16. The van der Waals surface area contributed by atoms with Crippen LogP contribution in [0.4, 0.5) is 45.5 Å². The van der Waals surface area contributed by atoms with Crippen molar-refractivity contribution in [2.45, 2.75) is 62.3 Å². The van der Waals surface area contributed by atoms with E-state index in [2.05, 4.69) is 211 Å². The van der Waals surface area contributed by atoms with E-state index in [-0.39, 0.29) is 20.1 Å². The largest absolute Gasteiger partial charge is 0.458 e. The lowest BCUT2D eigenvalue weighted by molar-refractivity contribution is 0.487. The normalized spacial score (nSPS) is 14.2. The van der Waals surface area contributed by atoms with Crippen molar-refractivity contribution in [3.8, 4) is 34.5 Å². The molecule has 78 heavy (non-hydrogen) atoms. The predicted molar refractivity (Wildman–Crippen MR) is 332 cm³/mol. The number of ether oxygens (including phenoxy) is 3. The Labute approximate surface area is 463 Å². The molecule has 0 saturated heterocycles. The summed E-state index contributed by atoms with van der Waals surface area (Å²) < 4.78 is 26.7. The van der Waals surface area contributed by atoms with Gasteiger partial charge in [0, 0.05) is 69.9 Å². The molecule has 0 radical (unpaired) electrons. The Balaban J connectivity index is 0.977. The first-order valence-corrected chi connectivity index (χ1v) is 28.9. The monoisotopic (exact) mass is 1040 g/mol. The number of hydrogen-bond acceptors (Lipinski definition) is 8. The van der Waals surface area contributed by atoms with Gasteiger partial charge >= 0.3 is 0 Å². The zero-order valence-corrected chi connectivity index (χ0v) is 46.5. The van der Waals surface area contributed by atoms with Crippen LogP contribution in [0.15, 0.2) is 133 Å². The molecule has 0 saturated carbocycles. The number of rotatable bonds is 2. The first kappa shape index (κ1) is 45.0. The maximum Gasteiger partial charge on any atom is 0.268 e. The Hall–Kier alpha value is -8.11. The summed E-state index contributed by atoms with van der Waals surface area (Å²) in [5.41, 5.74) is 28.7. The van der Waals surface area contributed by atoms with E-state index in [1.54, 1.807) is 0 Å². The minimum atomic E-state index is -0.176. The van der Waals surface area contributed by atoms with Gasteiger partial charge in [-0.1, -0.05) is 71.8 Å². The summed E-state index contributed by atoms with van der Waals surface area (Å²) in [4.78, 5) is 5.11. The van der Waals surface area contributed by atoms with Crippen LogP contribution >= 0.6 is 22.7 Å². The van der Waals surface area contributed by atoms with Crippen LogP contribution in [0.1, 0.15) is 50.1 Å². The van der Waals surface area contributed by atoms with E-state index >= 15 is 0 Å². The average Bonchev–Trinajstić information content (AvgIpc) is 3.76. The van der Waals surface area contributed by atoms with Crippen molar-refractivity contribution in [3.63, 3.8) is 0 Å². The third-order valence-electron chi connectivity index (χ3n) is 17.6. The van der Waals surface area contributed by atoms with Crippen LogP contribution in [-0.2, 0) is 0 Å². The summed E-state index contributed by atoms with van der Waals surface area (Å²) in [6, 6.07) is 50.7. The molecule has 6 aliphatic heterocycles. The molecular formula is C67H50B3N3O3S2. The van der Waals surface area contributed by atoms with Crippen molar-refractivity contribution in [2.24, 2.45) is 0 Å². The summed E-state index contributed by atoms with van der Waals surface area (Å²) in [6.07, 6.45) is 0. The standard InChI is InChI=1S/C67H50B3N3O3S2/c1-32-18-37(6)62(38(7)19-32)72-49-30-47-43(69-59-48(71-47)22-34(3)25-54(59)75-64-41-14-10-12-16-57(41)77-66(64)69)28-44(49)68-46-29-45-50(31-53(46)74-55-26-35(4)23-51(72)60(55)68)73(63-39(8)20-33(2)21-40(63)9)52-24-36(5)27-56-61(52)70(45)67-65(76-56)42-15-11-13-17-58(42)78-67/h10-31,71H,1-9H3. The van der Waals surface area contributed by atoms with Crippen molar-refractivity contribution in [1.29, 1.82) is 0 Å². The number of aryl methyl sites for hydroxylation is 9. The van der Waals surface area contributed by atoms with Crippen molar-refractivity contribution >= 4 is 156 Å². The van der Waals surface area contributed by atoms with E-state index in [9.17, 15) is 0 Å². The summed E-state index contributed by atoms with van der Waals surface area (Å²) >= 11 is 3.73. The van der Waals surface area contributed by atoms with Gasteiger partial charge in [-0.2, -0.15) is 0 Å². The van der Waals surface area contributed by atoms with Crippen LogP contribution in [0, 0.1) is 62.3 Å². The molecule has 372 valence electrons. The fourth-order valence-corrected chi connectivity index (χ4v) is 17.4. The molecule has 1 N–H and O–H groups in total. The first-order valence-electron chi connectivity index (χ1n) is 27.2. The molecular weight excluding hydrogens is 991 g/mol. The van der Waals surface area contributed by atoms with Gasteiger partial charge in [0.1, 0.15) is 34.5 Å². The summed E-state index contributed by atoms with van der Waals surface area (Å²) in [7, 11) is 0. The van der Waals surface area contributed by atoms with E-state index in [0.717, 1.165) is 90.4 Å². The molecule has 2 aromatic heterocycles. The number of benzene rings is 9. The number of nitrogens with one attached hydrogen (secondary N) is 1. The fraction of sp³-hybridized carbons (Fsp3) is 0.134. The lowest BCUT2D eigenvalue weighted by Crippen LogP contribution is -2.64. The Morgan fingerprint density at radius 2 is 0.821 bits per heavy atom. The van der Waals surface area contributed by atoms with Crippen molar-refractivity contribution < 1.29 is 14.2 Å². The van der Waals surface area contributed by atoms with Gasteiger partial charge < -0.3 is 29.3 Å². The first-order chi connectivity index (χ1) is 37.8. The van der Waals surface area contributed by atoms with E-state index in [1.165, 1.54) is 108 Å². The Kier molecular flexibility index (Phi) is 8.97. The molecule has 0 aliphatic carbocycles. The molecule has 0 fully saturated rings. The highest BCUT2D eigenvalue weighted by molar-refractivity contribution is 7.34. The number of hydrogen-bond donors (Lipinski definition) is 1. The molecule has 17 rings (SSSR count). The van der Waals surface area contributed by atoms with Gasteiger partial charge in [-0.05, 0) is 206 Å². The van der Waals surface area contributed by atoms with Crippen molar-refractivity contribution in [1.82, 2.24) is 0 Å². The number of anilines is 8. The minimum absolute atomic E-state index is 0.0436. The molecule has 0 bridgehead atoms. The fourth-order valence-electron chi connectivity index (χ4n) is 14.9. The third kappa shape index (κ3) is 5.95.